The molecule has 1 N–H and O–H groups in total. The van der Waals surface area contributed by atoms with Crippen LogP contribution in [0.2, 0.25) is 5.02 Å². The SMILES string of the molecule is COc1ccc(Cl)cc1C(=O)N1CC[C@@H](Cc2ccc(CO)cc2)C1. The van der Waals surface area contributed by atoms with Crippen LogP contribution in [0.3, 0.4) is 0 Å². The van der Waals surface area contributed by atoms with E-state index in [0.717, 1.165) is 31.5 Å². The van der Waals surface area contributed by atoms with Crippen LogP contribution in [0, 0.1) is 5.92 Å². The standard InChI is InChI=1S/C20H22ClNO3/c1-25-19-7-6-17(21)11-18(19)20(24)22-9-8-16(12-22)10-14-2-4-15(13-23)5-3-14/h2-7,11,16,23H,8-10,12-13H2,1H3/t16-/m0/s1. The smallest absolute Gasteiger partial charge is 0.257 e. The Morgan fingerprint density at radius 2 is 1.96 bits per heavy atom. The van der Waals surface area contributed by atoms with E-state index in [4.69, 9.17) is 21.4 Å². The lowest BCUT2D eigenvalue weighted by Crippen LogP contribution is -2.29. The molecule has 1 heterocycles. The van der Waals surface area contributed by atoms with Gasteiger partial charge >= 0.3 is 0 Å². The largest absolute Gasteiger partial charge is 0.496 e. The average molecular weight is 360 g/mol. The van der Waals surface area contributed by atoms with Crippen molar-refractivity contribution in [1.29, 1.82) is 0 Å². The number of methoxy groups -OCH3 is 1. The van der Waals surface area contributed by atoms with Crippen LogP contribution < -0.4 is 4.74 Å². The zero-order chi connectivity index (χ0) is 17.8. The van der Waals surface area contributed by atoms with Gasteiger partial charge in [-0.1, -0.05) is 35.9 Å². The molecule has 3 rings (SSSR count). The number of ether oxygens (including phenoxy) is 1. The number of nitrogens with zero attached hydrogens (tertiary/aromatic N) is 1. The molecule has 0 bridgehead atoms. The summed E-state index contributed by atoms with van der Waals surface area (Å²) in [4.78, 5) is 14.7. The molecule has 2 aromatic rings. The van der Waals surface area contributed by atoms with E-state index < -0.39 is 0 Å². The predicted molar refractivity (Wildman–Crippen MR) is 98.1 cm³/mol. The molecule has 5 heteroatoms. The minimum Gasteiger partial charge on any atom is -0.496 e. The van der Waals surface area contributed by atoms with Crippen LogP contribution in [-0.4, -0.2) is 36.1 Å². The highest BCUT2D eigenvalue weighted by atomic mass is 35.5. The van der Waals surface area contributed by atoms with Crippen molar-refractivity contribution in [3.63, 3.8) is 0 Å². The lowest BCUT2D eigenvalue weighted by atomic mass is 9.98. The van der Waals surface area contributed by atoms with E-state index in [0.29, 0.717) is 22.3 Å². The normalized spacial score (nSPS) is 16.9. The molecule has 1 fully saturated rings. The van der Waals surface area contributed by atoms with Crippen molar-refractivity contribution in [2.45, 2.75) is 19.4 Å². The maximum atomic E-state index is 12.8. The van der Waals surface area contributed by atoms with E-state index in [1.807, 2.05) is 17.0 Å². The molecular weight excluding hydrogens is 338 g/mol. The Bertz CT molecular complexity index is 745. The van der Waals surface area contributed by atoms with Crippen LogP contribution in [0.15, 0.2) is 42.5 Å². The number of benzene rings is 2. The number of carbonyl (C=O) groups is 1. The van der Waals surface area contributed by atoms with E-state index in [1.54, 1.807) is 25.3 Å². The zero-order valence-corrected chi connectivity index (χ0v) is 15.0. The van der Waals surface area contributed by atoms with Crippen molar-refractivity contribution in [3.8, 4) is 5.75 Å². The second-order valence-electron chi connectivity index (χ2n) is 6.43. The molecule has 1 saturated heterocycles. The first-order chi connectivity index (χ1) is 12.1. The Morgan fingerprint density at radius 1 is 1.24 bits per heavy atom. The van der Waals surface area contributed by atoms with Gasteiger partial charge in [0, 0.05) is 18.1 Å². The van der Waals surface area contributed by atoms with Crippen LogP contribution in [-0.2, 0) is 13.0 Å². The van der Waals surface area contributed by atoms with Gasteiger partial charge in [-0.15, -0.1) is 0 Å². The Hall–Kier alpha value is -2.04. The maximum absolute atomic E-state index is 12.8. The summed E-state index contributed by atoms with van der Waals surface area (Å²) in [6.07, 6.45) is 1.92. The van der Waals surface area contributed by atoms with Gasteiger partial charge in [0.1, 0.15) is 5.75 Å². The first-order valence-corrected chi connectivity index (χ1v) is 8.80. The highest BCUT2D eigenvalue weighted by Gasteiger charge is 2.28. The molecule has 0 aromatic heterocycles. The molecule has 1 aliphatic rings. The molecule has 1 amide bonds. The summed E-state index contributed by atoms with van der Waals surface area (Å²) in [5.41, 5.74) is 2.67. The third-order valence-electron chi connectivity index (χ3n) is 4.69. The first kappa shape index (κ1) is 17.8. The van der Waals surface area contributed by atoms with Crippen LogP contribution in [0.4, 0.5) is 0 Å². The molecule has 25 heavy (non-hydrogen) atoms. The quantitative estimate of drug-likeness (QED) is 0.888. The fourth-order valence-corrected chi connectivity index (χ4v) is 3.49. The molecule has 0 radical (unpaired) electrons. The summed E-state index contributed by atoms with van der Waals surface area (Å²) in [6.45, 7) is 1.54. The van der Waals surface area contributed by atoms with E-state index in [-0.39, 0.29) is 12.5 Å². The van der Waals surface area contributed by atoms with Gasteiger partial charge in [-0.2, -0.15) is 0 Å². The van der Waals surface area contributed by atoms with Crippen molar-refractivity contribution >= 4 is 17.5 Å². The summed E-state index contributed by atoms with van der Waals surface area (Å²) in [7, 11) is 1.56. The number of aliphatic hydroxyl groups excluding tert-OH is 1. The molecule has 0 aliphatic carbocycles. The monoisotopic (exact) mass is 359 g/mol. The molecule has 132 valence electrons. The Labute approximate surface area is 153 Å². The third-order valence-corrected chi connectivity index (χ3v) is 4.93. The van der Waals surface area contributed by atoms with Crippen LogP contribution >= 0.6 is 11.6 Å². The van der Waals surface area contributed by atoms with Gasteiger partial charge in [0.05, 0.1) is 19.3 Å². The third kappa shape index (κ3) is 4.14. The molecule has 0 unspecified atom stereocenters. The van der Waals surface area contributed by atoms with Crippen molar-refractivity contribution in [2.75, 3.05) is 20.2 Å². The van der Waals surface area contributed by atoms with Crippen LogP contribution in [0.1, 0.15) is 27.9 Å². The molecule has 0 saturated carbocycles. The van der Waals surface area contributed by atoms with Crippen molar-refractivity contribution < 1.29 is 14.6 Å². The number of halogens is 1. The van der Waals surface area contributed by atoms with Gasteiger partial charge in [-0.25, -0.2) is 0 Å². The van der Waals surface area contributed by atoms with E-state index >= 15 is 0 Å². The van der Waals surface area contributed by atoms with Crippen molar-refractivity contribution in [3.05, 3.63) is 64.2 Å². The molecule has 2 aromatic carbocycles. The maximum Gasteiger partial charge on any atom is 0.257 e. The summed E-state index contributed by atoms with van der Waals surface area (Å²) >= 11 is 6.04. The number of likely N-dealkylation sites (tertiary alicyclic amines) is 1. The lowest BCUT2D eigenvalue weighted by Gasteiger charge is -2.18. The minimum absolute atomic E-state index is 0.0301. The van der Waals surface area contributed by atoms with Gasteiger partial charge in [0.15, 0.2) is 0 Å². The van der Waals surface area contributed by atoms with Gasteiger partial charge in [-0.05, 0) is 48.1 Å². The lowest BCUT2D eigenvalue weighted by molar-refractivity contribution is 0.0783. The molecule has 4 nitrogen and oxygen atoms in total. The number of rotatable bonds is 5. The Kier molecular flexibility index (Phi) is 5.61. The number of hydrogen-bond acceptors (Lipinski definition) is 3. The summed E-state index contributed by atoms with van der Waals surface area (Å²) < 4.78 is 5.30. The number of amides is 1. The van der Waals surface area contributed by atoms with Gasteiger partial charge in [0.25, 0.3) is 5.91 Å². The molecule has 0 spiro atoms. The number of hydrogen-bond donors (Lipinski definition) is 1. The highest BCUT2D eigenvalue weighted by Crippen LogP contribution is 2.28. The van der Waals surface area contributed by atoms with Crippen molar-refractivity contribution in [1.82, 2.24) is 4.90 Å². The second-order valence-corrected chi connectivity index (χ2v) is 6.87. The number of aliphatic hydroxyl groups is 1. The summed E-state index contributed by atoms with van der Waals surface area (Å²) in [6, 6.07) is 13.1. The molecular formula is C20H22ClNO3. The fourth-order valence-electron chi connectivity index (χ4n) is 3.32. The molecule has 1 atom stereocenters. The van der Waals surface area contributed by atoms with Gasteiger partial charge in [0.2, 0.25) is 0 Å². The van der Waals surface area contributed by atoms with E-state index in [1.165, 1.54) is 5.56 Å². The molecule has 1 aliphatic heterocycles. The Morgan fingerprint density at radius 3 is 2.64 bits per heavy atom. The minimum atomic E-state index is -0.0301. The topological polar surface area (TPSA) is 49.8 Å². The predicted octanol–water partition coefficient (Wildman–Crippen LogP) is 3.55. The second kappa shape index (κ2) is 7.89. The van der Waals surface area contributed by atoms with Crippen LogP contribution in [0.25, 0.3) is 0 Å². The van der Waals surface area contributed by atoms with Gasteiger partial charge in [-0.3, -0.25) is 4.79 Å². The van der Waals surface area contributed by atoms with E-state index in [2.05, 4.69) is 12.1 Å². The Balaban J connectivity index is 1.66. The van der Waals surface area contributed by atoms with E-state index in [9.17, 15) is 4.79 Å². The highest BCUT2D eigenvalue weighted by molar-refractivity contribution is 6.31. The summed E-state index contributed by atoms with van der Waals surface area (Å²) in [5, 5.41) is 9.65. The van der Waals surface area contributed by atoms with Crippen LogP contribution in [0.5, 0.6) is 5.75 Å². The zero-order valence-electron chi connectivity index (χ0n) is 14.2. The van der Waals surface area contributed by atoms with Crippen molar-refractivity contribution in [2.24, 2.45) is 5.92 Å². The first-order valence-electron chi connectivity index (χ1n) is 8.42. The summed E-state index contributed by atoms with van der Waals surface area (Å²) in [5.74, 6) is 0.962. The average Bonchev–Trinajstić information content (AvgIpc) is 3.10. The fraction of sp³-hybridized carbons (Fsp3) is 0.350. The number of carbonyl (C=O) groups excluding carboxylic acids is 1. The van der Waals surface area contributed by atoms with Gasteiger partial charge < -0.3 is 14.7 Å².